The predicted octanol–water partition coefficient (Wildman–Crippen LogP) is 2.91. The number of hydrogen-bond acceptors (Lipinski definition) is 3. The van der Waals surface area contributed by atoms with E-state index < -0.39 is 0 Å². The van der Waals surface area contributed by atoms with Crippen LogP contribution in [0.3, 0.4) is 0 Å². The van der Waals surface area contributed by atoms with Crippen molar-refractivity contribution in [1.82, 2.24) is 10.4 Å². The van der Waals surface area contributed by atoms with Crippen LogP contribution in [0.1, 0.15) is 45.6 Å². The van der Waals surface area contributed by atoms with E-state index in [4.69, 9.17) is 0 Å². The molecule has 0 spiro atoms. The lowest BCUT2D eigenvalue weighted by Gasteiger charge is -2.39. The summed E-state index contributed by atoms with van der Waals surface area (Å²) in [7, 11) is 0. The van der Waals surface area contributed by atoms with Crippen LogP contribution >= 0.6 is 0 Å². The fraction of sp³-hybridized carbons (Fsp3) is 0.562. The van der Waals surface area contributed by atoms with Crippen molar-refractivity contribution in [2.45, 2.75) is 58.7 Å². The van der Waals surface area contributed by atoms with E-state index in [1.165, 1.54) is 19.3 Å². The van der Waals surface area contributed by atoms with Gasteiger partial charge in [0, 0.05) is 31.2 Å². The molecule has 1 aliphatic heterocycles. The smallest absolute Gasteiger partial charge is 0.221 e. The number of amides is 1. The van der Waals surface area contributed by atoms with Gasteiger partial charge in [0.1, 0.15) is 0 Å². The Morgan fingerprint density at radius 2 is 1.90 bits per heavy atom. The first-order valence-corrected chi connectivity index (χ1v) is 7.45. The summed E-state index contributed by atoms with van der Waals surface area (Å²) in [5.74, 6) is -0.0304. The number of hydrazine groups is 1. The minimum absolute atomic E-state index is 0.0304. The van der Waals surface area contributed by atoms with Crippen LogP contribution in [0.25, 0.3) is 0 Å². The molecule has 1 saturated heterocycles. The lowest BCUT2D eigenvalue weighted by Crippen LogP contribution is -2.51. The molecule has 0 aromatic heterocycles. The van der Waals surface area contributed by atoms with Crippen molar-refractivity contribution in [1.29, 1.82) is 0 Å². The monoisotopic (exact) mass is 275 g/mol. The maximum Gasteiger partial charge on any atom is 0.221 e. The zero-order chi connectivity index (χ0) is 14.5. The average Bonchev–Trinajstić information content (AvgIpc) is 2.39. The van der Waals surface area contributed by atoms with Crippen LogP contribution in [0, 0.1) is 0 Å². The first-order valence-electron chi connectivity index (χ1n) is 7.45. The van der Waals surface area contributed by atoms with Gasteiger partial charge in [-0.05, 0) is 38.3 Å². The van der Waals surface area contributed by atoms with Crippen LogP contribution in [0.5, 0.6) is 0 Å². The third kappa shape index (κ3) is 3.81. The summed E-state index contributed by atoms with van der Waals surface area (Å²) in [6.07, 6.45) is 3.79. The number of carbonyl (C=O) groups excluding carboxylic acids is 1. The largest absolute Gasteiger partial charge is 0.326 e. The topological polar surface area (TPSA) is 44.4 Å². The predicted molar refractivity (Wildman–Crippen MR) is 82.2 cm³/mol. The maximum absolute atomic E-state index is 11.2. The van der Waals surface area contributed by atoms with Crippen molar-refractivity contribution in [2.75, 3.05) is 5.32 Å². The second-order valence-corrected chi connectivity index (χ2v) is 5.71. The fourth-order valence-electron chi connectivity index (χ4n) is 2.90. The summed E-state index contributed by atoms with van der Waals surface area (Å²) in [6, 6.07) is 9.07. The molecule has 0 radical (unpaired) electrons. The summed E-state index contributed by atoms with van der Waals surface area (Å²) in [5.41, 5.74) is 5.54. The molecule has 2 N–H and O–H groups in total. The molecule has 1 aromatic rings. The molecular formula is C16H25N3O. The number of nitrogens with one attached hydrogen (secondary N) is 2. The highest BCUT2D eigenvalue weighted by molar-refractivity contribution is 5.89. The van der Waals surface area contributed by atoms with E-state index in [0.29, 0.717) is 12.1 Å². The molecule has 4 nitrogen and oxygen atoms in total. The molecule has 20 heavy (non-hydrogen) atoms. The molecule has 1 amide bonds. The fourth-order valence-corrected chi connectivity index (χ4v) is 2.90. The molecular weight excluding hydrogens is 250 g/mol. The normalized spacial score (nSPS) is 23.6. The van der Waals surface area contributed by atoms with Crippen LogP contribution in [-0.4, -0.2) is 23.0 Å². The number of benzene rings is 1. The van der Waals surface area contributed by atoms with Crippen LogP contribution in [0.2, 0.25) is 0 Å². The van der Waals surface area contributed by atoms with Crippen molar-refractivity contribution in [2.24, 2.45) is 0 Å². The molecule has 2 atom stereocenters. The lowest BCUT2D eigenvalue weighted by atomic mass is 10.00. The molecule has 1 aromatic carbocycles. The molecule has 2 rings (SSSR count). The molecule has 0 bridgehead atoms. The van der Waals surface area contributed by atoms with E-state index in [2.05, 4.69) is 35.7 Å². The maximum atomic E-state index is 11.2. The molecule has 1 heterocycles. The molecule has 0 aliphatic carbocycles. The van der Waals surface area contributed by atoms with Crippen molar-refractivity contribution in [3.05, 3.63) is 29.8 Å². The highest BCUT2D eigenvalue weighted by atomic mass is 16.1. The Labute approximate surface area is 121 Å². The Hall–Kier alpha value is -1.39. The van der Waals surface area contributed by atoms with Gasteiger partial charge in [0.2, 0.25) is 5.91 Å². The third-order valence-corrected chi connectivity index (χ3v) is 3.97. The summed E-state index contributed by atoms with van der Waals surface area (Å²) in [4.78, 5) is 11.2. The van der Waals surface area contributed by atoms with E-state index in [1.54, 1.807) is 6.92 Å². The van der Waals surface area contributed by atoms with Crippen LogP contribution in [-0.2, 0) is 11.3 Å². The highest BCUT2D eigenvalue weighted by Gasteiger charge is 2.24. The number of anilines is 1. The van der Waals surface area contributed by atoms with E-state index in [-0.39, 0.29) is 5.91 Å². The second-order valence-electron chi connectivity index (χ2n) is 5.71. The van der Waals surface area contributed by atoms with Gasteiger partial charge in [0.25, 0.3) is 0 Å². The van der Waals surface area contributed by atoms with Crippen molar-refractivity contribution >= 4 is 11.6 Å². The first kappa shape index (κ1) is 15.0. The van der Waals surface area contributed by atoms with Gasteiger partial charge in [-0.3, -0.25) is 10.2 Å². The first-order chi connectivity index (χ1) is 9.58. The number of nitrogens with zero attached hydrogens (tertiary/aromatic N) is 1. The average molecular weight is 275 g/mol. The minimum Gasteiger partial charge on any atom is -0.326 e. The Kier molecular flexibility index (Phi) is 5.15. The lowest BCUT2D eigenvalue weighted by molar-refractivity contribution is -0.114. The zero-order valence-corrected chi connectivity index (χ0v) is 12.6. The van der Waals surface area contributed by atoms with Crippen molar-refractivity contribution in [3.63, 3.8) is 0 Å². The van der Waals surface area contributed by atoms with Crippen LogP contribution in [0.15, 0.2) is 24.3 Å². The number of carbonyl (C=O) groups is 1. The van der Waals surface area contributed by atoms with Gasteiger partial charge in [-0.15, -0.1) is 0 Å². The molecule has 0 saturated carbocycles. The van der Waals surface area contributed by atoms with Gasteiger partial charge in [-0.1, -0.05) is 24.6 Å². The van der Waals surface area contributed by atoms with Gasteiger partial charge in [-0.25, -0.2) is 5.01 Å². The summed E-state index contributed by atoms with van der Waals surface area (Å²) < 4.78 is 0. The van der Waals surface area contributed by atoms with E-state index in [1.807, 2.05) is 18.2 Å². The SMILES string of the molecule is CC(=O)Nc1ccccc1CNN1C(C)CCCC1C. The number of piperidine rings is 1. The van der Waals surface area contributed by atoms with E-state index in [0.717, 1.165) is 17.8 Å². The zero-order valence-electron chi connectivity index (χ0n) is 12.6. The molecule has 1 fully saturated rings. The van der Waals surface area contributed by atoms with E-state index in [9.17, 15) is 4.79 Å². The molecule has 110 valence electrons. The molecule has 4 heteroatoms. The Morgan fingerprint density at radius 3 is 2.55 bits per heavy atom. The number of rotatable bonds is 4. The Morgan fingerprint density at radius 1 is 1.25 bits per heavy atom. The van der Waals surface area contributed by atoms with Crippen LogP contribution in [0.4, 0.5) is 5.69 Å². The second kappa shape index (κ2) is 6.86. The van der Waals surface area contributed by atoms with Crippen molar-refractivity contribution in [3.8, 4) is 0 Å². The standard InChI is InChI=1S/C16H25N3O/c1-12-7-6-8-13(2)19(12)17-11-15-9-4-5-10-16(15)18-14(3)20/h4-5,9-10,12-13,17H,6-8,11H2,1-3H3,(H,18,20). The minimum atomic E-state index is -0.0304. The Bertz CT molecular complexity index is 451. The van der Waals surface area contributed by atoms with Gasteiger partial charge in [0.05, 0.1) is 0 Å². The number of hydrogen-bond donors (Lipinski definition) is 2. The van der Waals surface area contributed by atoms with Crippen molar-refractivity contribution < 1.29 is 4.79 Å². The molecule has 1 aliphatic rings. The third-order valence-electron chi connectivity index (χ3n) is 3.97. The van der Waals surface area contributed by atoms with Gasteiger partial charge >= 0.3 is 0 Å². The summed E-state index contributed by atoms with van der Waals surface area (Å²) in [5, 5.41) is 5.24. The summed E-state index contributed by atoms with van der Waals surface area (Å²) >= 11 is 0. The van der Waals surface area contributed by atoms with Gasteiger partial charge in [0.15, 0.2) is 0 Å². The van der Waals surface area contributed by atoms with Gasteiger partial charge in [-0.2, -0.15) is 0 Å². The molecule has 2 unspecified atom stereocenters. The number of para-hydroxylation sites is 1. The van der Waals surface area contributed by atoms with Gasteiger partial charge < -0.3 is 5.32 Å². The highest BCUT2D eigenvalue weighted by Crippen LogP contribution is 2.21. The quantitative estimate of drug-likeness (QED) is 0.888. The van der Waals surface area contributed by atoms with E-state index >= 15 is 0 Å². The summed E-state index contributed by atoms with van der Waals surface area (Å²) in [6.45, 7) is 6.81. The Balaban J connectivity index is 2.01. The van der Waals surface area contributed by atoms with Crippen LogP contribution < -0.4 is 10.7 Å².